The van der Waals surface area contributed by atoms with Crippen molar-refractivity contribution in [3.8, 4) is 11.6 Å². The number of nitrogens with two attached hydrogens (primary N) is 1. The third-order valence-electron chi connectivity index (χ3n) is 1.96. The molecule has 0 atom stereocenters. The molecule has 88 valence electrons. The van der Waals surface area contributed by atoms with Gasteiger partial charge in [-0.1, -0.05) is 23.2 Å². The Hall–Kier alpha value is -1.52. The van der Waals surface area contributed by atoms with Crippen molar-refractivity contribution in [3.63, 3.8) is 0 Å². The highest BCUT2D eigenvalue weighted by atomic mass is 35.5. The first-order chi connectivity index (χ1) is 8.04. The van der Waals surface area contributed by atoms with Crippen LogP contribution in [0.15, 0.2) is 24.3 Å². The van der Waals surface area contributed by atoms with E-state index in [1.165, 1.54) is 0 Å². The van der Waals surface area contributed by atoms with Crippen LogP contribution >= 0.6 is 23.2 Å². The highest BCUT2D eigenvalue weighted by molar-refractivity contribution is 6.35. The fourth-order valence-corrected chi connectivity index (χ4v) is 1.73. The van der Waals surface area contributed by atoms with Gasteiger partial charge in [0, 0.05) is 16.8 Å². The minimum Gasteiger partial charge on any atom is -0.437 e. The van der Waals surface area contributed by atoms with Crippen LogP contribution in [0.25, 0.3) is 0 Å². The highest BCUT2D eigenvalue weighted by Gasteiger charge is 2.06. The summed E-state index contributed by atoms with van der Waals surface area (Å²) in [6.07, 6.45) is 0. The Morgan fingerprint density at radius 3 is 2.59 bits per heavy atom. The van der Waals surface area contributed by atoms with Crippen LogP contribution in [0, 0.1) is 6.92 Å². The number of hydrogen-bond acceptors (Lipinski definition) is 4. The molecule has 4 nitrogen and oxygen atoms in total. The lowest BCUT2D eigenvalue weighted by atomic mass is 10.3. The Morgan fingerprint density at radius 1 is 1.18 bits per heavy atom. The monoisotopic (exact) mass is 269 g/mol. The minimum atomic E-state index is 0.157. The molecule has 0 bridgehead atoms. The molecule has 0 amide bonds. The number of aromatic nitrogens is 2. The number of aryl methyl sites for hydroxylation is 1. The molecule has 0 radical (unpaired) electrons. The van der Waals surface area contributed by atoms with Gasteiger partial charge in [-0.05, 0) is 25.1 Å². The van der Waals surface area contributed by atoms with Crippen molar-refractivity contribution < 1.29 is 4.74 Å². The largest absolute Gasteiger partial charge is 0.437 e. The summed E-state index contributed by atoms with van der Waals surface area (Å²) in [5.74, 6) is 0.970. The molecule has 6 heteroatoms. The molecule has 0 unspecified atom stereocenters. The number of nitrogens with zero attached hydrogens (tertiary/aromatic N) is 2. The second-order valence-electron chi connectivity index (χ2n) is 3.38. The van der Waals surface area contributed by atoms with Crippen LogP contribution in [-0.2, 0) is 0 Å². The molecule has 2 rings (SSSR count). The van der Waals surface area contributed by atoms with Crippen LogP contribution in [0.4, 0.5) is 5.95 Å². The van der Waals surface area contributed by atoms with Crippen LogP contribution < -0.4 is 10.5 Å². The Labute approximate surface area is 108 Å². The van der Waals surface area contributed by atoms with E-state index in [1.807, 2.05) is 0 Å². The molecular formula is C11H9Cl2N3O. The lowest BCUT2D eigenvalue weighted by molar-refractivity contribution is 0.462. The van der Waals surface area contributed by atoms with Crippen molar-refractivity contribution in [1.29, 1.82) is 0 Å². The number of nitrogen functional groups attached to an aromatic ring is 1. The molecule has 2 aromatic rings. The molecule has 17 heavy (non-hydrogen) atoms. The molecule has 0 saturated heterocycles. The lowest BCUT2D eigenvalue weighted by Crippen LogP contribution is -1.98. The van der Waals surface area contributed by atoms with E-state index in [-0.39, 0.29) is 5.95 Å². The summed E-state index contributed by atoms with van der Waals surface area (Å²) in [7, 11) is 0. The summed E-state index contributed by atoms with van der Waals surface area (Å²) >= 11 is 11.8. The van der Waals surface area contributed by atoms with Crippen molar-refractivity contribution in [2.45, 2.75) is 6.92 Å². The molecule has 0 aliphatic heterocycles. The molecule has 0 aliphatic carbocycles. The van der Waals surface area contributed by atoms with E-state index in [0.717, 1.165) is 5.69 Å². The summed E-state index contributed by atoms with van der Waals surface area (Å²) in [5, 5.41) is 0.952. The van der Waals surface area contributed by atoms with E-state index in [2.05, 4.69) is 9.97 Å². The van der Waals surface area contributed by atoms with Gasteiger partial charge >= 0.3 is 0 Å². The average Bonchev–Trinajstić information content (AvgIpc) is 2.21. The van der Waals surface area contributed by atoms with Gasteiger partial charge in [-0.25, -0.2) is 4.98 Å². The van der Waals surface area contributed by atoms with Crippen LogP contribution in [-0.4, -0.2) is 9.97 Å². The molecule has 0 saturated carbocycles. The molecule has 0 aliphatic rings. The van der Waals surface area contributed by atoms with Gasteiger partial charge in [0.05, 0.1) is 5.02 Å². The Morgan fingerprint density at radius 2 is 1.94 bits per heavy atom. The number of rotatable bonds is 2. The number of hydrogen-bond donors (Lipinski definition) is 1. The van der Waals surface area contributed by atoms with Crippen molar-refractivity contribution in [3.05, 3.63) is 40.0 Å². The first-order valence-corrected chi connectivity index (χ1v) is 5.54. The molecule has 1 aromatic heterocycles. The van der Waals surface area contributed by atoms with Gasteiger partial charge in [-0.2, -0.15) is 4.98 Å². The normalized spacial score (nSPS) is 10.3. The number of benzene rings is 1. The SMILES string of the molecule is Cc1cc(Oc2ccc(Cl)cc2Cl)nc(N)n1. The van der Waals surface area contributed by atoms with Crippen LogP contribution in [0.2, 0.25) is 10.0 Å². The smallest absolute Gasteiger partial charge is 0.224 e. The Bertz CT molecular complexity index is 540. The zero-order valence-electron chi connectivity index (χ0n) is 8.95. The van der Waals surface area contributed by atoms with Gasteiger partial charge in [0.25, 0.3) is 0 Å². The fraction of sp³-hybridized carbons (Fsp3) is 0.0909. The van der Waals surface area contributed by atoms with E-state index >= 15 is 0 Å². The van der Waals surface area contributed by atoms with Crippen LogP contribution in [0.3, 0.4) is 0 Å². The predicted octanol–water partition coefficient (Wildman–Crippen LogP) is 3.47. The van der Waals surface area contributed by atoms with E-state index in [9.17, 15) is 0 Å². The van der Waals surface area contributed by atoms with E-state index in [0.29, 0.717) is 21.7 Å². The maximum atomic E-state index is 5.97. The number of anilines is 1. The Balaban J connectivity index is 2.31. The van der Waals surface area contributed by atoms with Gasteiger partial charge in [0.2, 0.25) is 11.8 Å². The van der Waals surface area contributed by atoms with Gasteiger partial charge in [-0.3, -0.25) is 0 Å². The molecular weight excluding hydrogens is 261 g/mol. The third kappa shape index (κ3) is 2.99. The zero-order valence-corrected chi connectivity index (χ0v) is 10.5. The molecule has 1 heterocycles. The van der Waals surface area contributed by atoms with Gasteiger partial charge in [-0.15, -0.1) is 0 Å². The van der Waals surface area contributed by atoms with Gasteiger partial charge in [0.15, 0.2) is 0 Å². The second kappa shape index (κ2) is 4.77. The summed E-state index contributed by atoms with van der Waals surface area (Å²) in [4.78, 5) is 7.89. The van der Waals surface area contributed by atoms with E-state index < -0.39 is 0 Å². The topological polar surface area (TPSA) is 61.0 Å². The van der Waals surface area contributed by atoms with E-state index in [4.69, 9.17) is 33.7 Å². The summed E-state index contributed by atoms with van der Waals surface area (Å²) < 4.78 is 5.50. The number of ether oxygens (including phenoxy) is 1. The molecule has 0 spiro atoms. The summed E-state index contributed by atoms with van der Waals surface area (Å²) in [6.45, 7) is 1.80. The predicted molar refractivity (Wildman–Crippen MR) is 67.7 cm³/mol. The summed E-state index contributed by atoms with van der Waals surface area (Å²) in [5.41, 5.74) is 6.24. The van der Waals surface area contributed by atoms with Crippen molar-refractivity contribution >= 4 is 29.2 Å². The average molecular weight is 270 g/mol. The Kier molecular flexibility index (Phi) is 3.36. The standard InChI is InChI=1S/C11H9Cl2N3O/c1-6-4-10(16-11(14)15-6)17-9-3-2-7(12)5-8(9)13/h2-5H,1H3,(H2,14,15,16). The van der Waals surface area contributed by atoms with Gasteiger partial charge < -0.3 is 10.5 Å². The van der Waals surface area contributed by atoms with Crippen molar-refractivity contribution in [1.82, 2.24) is 9.97 Å². The fourth-order valence-electron chi connectivity index (χ4n) is 1.28. The number of halogens is 2. The summed E-state index contributed by atoms with van der Waals surface area (Å²) in [6, 6.07) is 6.61. The molecule has 2 N–H and O–H groups in total. The first-order valence-electron chi connectivity index (χ1n) is 4.78. The zero-order chi connectivity index (χ0) is 12.4. The van der Waals surface area contributed by atoms with E-state index in [1.54, 1.807) is 31.2 Å². The lowest BCUT2D eigenvalue weighted by Gasteiger charge is -2.07. The highest BCUT2D eigenvalue weighted by Crippen LogP contribution is 2.30. The van der Waals surface area contributed by atoms with Crippen molar-refractivity contribution in [2.75, 3.05) is 5.73 Å². The minimum absolute atomic E-state index is 0.157. The quantitative estimate of drug-likeness (QED) is 0.907. The maximum Gasteiger partial charge on any atom is 0.224 e. The van der Waals surface area contributed by atoms with Crippen LogP contribution in [0.5, 0.6) is 11.6 Å². The molecule has 0 fully saturated rings. The van der Waals surface area contributed by atoms with Crippen LogP contribution in [0.1, 0.15) is 5.69 Å². The molecule has 1 aromatic carbocycles. The third-order valence-corrected chi connectivity index (χ3v) is 2.49. The first kappa shape index (κ1) is 12.0. The van der Waals surface area contributed by atoms with Gasteiger partial charge in [0.1, 0.15) is 5.75 Å². The second-order valence-corrected chi connectivity index (χ2v) is 4.23. The maximum absolute atomic E-state index is 5.97. The van der Waals surface area contributed by atoms with Crippen molar-refractivity contribution in [2.24, 2.45) is 0 Å².